The predicted molar refractivity (Wildman–Crippen MR) is 74.2 cm³/mol. The standard InChI is InChI=1S/C12H15BrClNO3/c1-17-7-9(18-2)6-15-12(16)8-3-4-10(13)11(14)5-8/h3-5,9H,6-7H2,1-2H3,(H,15,16). The van der Waals surface area contributed by atoms with Gasteiger partial charge in [-0.05, 0) is 34.1 Å². The minimum Gasteiger partial charge on any atom is -0.382 e. The van der Waals surface area contributed by atoms with Gasteiger partial charge >= 0.3 is 0 Å². The van der Waals surface area contributed by atoms with Gasteiger partial charge in [0.05, 0.1) is 17.7 Å². The van der Waals surface area contributed by atoms with Gasteiger partial charge in [0.2, 0.25) is 0 Å². The third kappa shape index (κ3) is 4.57. The Balaban J connectivity index is 2.57. The number of ether oxygens (including phenoxy) is 2. The molecular weight excluding hydrogens is 321 g/mol. The summed E-state index contributed by atoms with van der Waals surface area (Å²) in [6.07, 6.45) is -0.162. The molecule has 0 saturated carbocycles. The lowest BCUT2D eigenvalue weighted by Gasteiger charge is -2.15. The lowest BCUT2D eigenvalue weighted by Crippen LogP contribution is -2.35. The first-order valence-corrected chi connectivity index (χ1v) is 6.50. The Kier molecular flexibility index (Phi) is 6.63. The molecule has 0 radical (unpaired) electrons. The molecule has 100 valence electrons. The van der Waals surface area contributed by atoms with Gasteiger partial charge < -0.3 is 14.8 Å². The molecule has 0 aliphatic rings. The highest BCUT2D eigenvalue weighted by molar-refractivity contribution is 9.10. The average Bonchev–Trinajstić information content (AvgIpc) is 2.37. The molecule has 6 heteroatoms. The van der Waals surface area contributed by atoms with Crippen molar-refractivity contribution in [2.75, 3.05) is 27.4 Å². The largest absolute Gasteiger partial charge is 0.382 e. The number of benzene rings is 1. The van der Waals surface area contributed by atoms with Crippen LogP contribution in [0.25, 0.3) is 0 Å². The number of carbonyl (C=O) groups is 1. The monoisotopic (exact) mass is 335 g/mol. The topological polar surface area (TPSA) is 47.6 Å². The van der Waals surface area contributed by atoms with E-state index in [0.717, 1.165) is 4.47 Å². The van der Waals surface area contributed by atoms with Crippen LogP contribution in [0.2, 0.25) is 5.02 Å². The van der Waals surface area contributed by atoms with E-state index in [9.17, 15) is 4.79 Å². The van der Waals surface area contributed by atoms with Crippen LogP contribution in [0.4, 0.5) is 0 Å². The first-order chi connectivity index (χ1) is 8.58. The van der Waals surface area contributed by atoms with Crippen LogP contribution in [-0.2, 0) is 9.47 Å². The number of hydrogen-bond donors (Lipinski definition) is 1. The molecule has 1 amide bonds. The van der Waals surface area contributed by atoms with Gasteiger partial charge in [0.15, 0.2) is 0 Å². The molecule has 1 atom stereocenters. The summed E-state index contributed by atoms with van der Waals surface area (Å²) in [5.41, 5.74) is 0.510. The SMILES string of the molecule is COCC(CNC(=O)c1ccc(Br)c(Cl)c1)OC. The van der Waals surface area contributed by atoms with Crippen LogP contribution in [0.3, 0.4) is 0 Å². The Morgan fingerprint density at radius 3 is 2.78 bits per heavy atom. The first kappa shape index (κ1) is 15.4. The Labute approximate surface area is 120 Å². The number of methoxy groups -OCH3 is 2. The van der Waals surface area contributed by atoms with Crippen molar-refractivity contribution in [2.45, 2.75) is 6.10 Å². The van der Waals surface area contributed by atoms with Crippen molar-refractivity contribution in [1.82, 2.24) is 5.32 Å². The van der Waals surface area contributed by atoms with Gasteiger partial charge in [0.25, 0.3) is 5.91 Å². The molecule has 0 spiro atoms. The maximum Gasteiger partial charge on any atom is 0.251 e. The van der Waals surface area contributed by atoms with Crippen molar-refractivity contribution in [2.24, 2.45) is 0 Å². The molecular formula is C12H15BrClNO3. The molecule has 0 aromatic heterocycles. The summed E-state index contributed by atoms with van der Waals surface area (Å²) in [6.45, 7) is 0.814. The fraction of sp³-hybridized carbons (Fsp3) is 0.417. The van der Waals surface area contributed by atoms with Crippen LogP contribution < -0.4 is 5.32 Å². The van der Waals surface area contributed by atoms with Crippen LogP contribution in [0.1, 0.15) is 10.4 Å². The maximum atomic E-state index is 11.9. The number of halogens is 2. The normalized spacial score (nSPS) is 12.2. The summed E-state index contributed by atoms with van der Waals surface area (Å²) in [4.78, 5) is 11.9. The highest BCUT2D eigenvalue weighted by Gasteiger charge is 2.11. The third-order valence-corrected chi connectivity index (χ3v) is 3.59. The summed E-state index contributed by atoms with van der Waals surface area (Å²) >= 11 is 9.20. The van der Waals surface area contributed by atoms with Gasteiger partial charge in [-0.1, -0.05) is 11.6 Å². The molecule has 0 aliphatic heterocycles. The highest BCUT2D eigenvalue weighted by atomic mass is 79.9. The zero-order valence-corrected chi connectivity index (χ0v) is 12.5. The molecule has 1 rings (SSSR count). The van der Waals surface area contributed by atoms with E-state index in [1.54, 1.807) is 32.4 Å². The number of nitrogens with one attached hydrogen (secondary N) is 1. The molecule has 1 N–H and O–H groups in total. The van der Waals surface area contributed by atoms with E-state index in [1.165, 1.54) is 0 Å². The maximum absolute atomic E-state index is 11.9. The van der Waals surface area contributed by atoms with E-state index in [0.29, 0.717) is 23.7 Å². The summed E-state index contributed by atoms with van der Waals surface area (Å²) in [5, 5.41) is 3.27. The number of amides is 1. The molecule has 0 aliphatic carbocycles. The lowest BCUT2D eigenvalue weighted by molar-refractivity contribution is 0.0285. The van der Waals surface area contributed by atoms with Gasteiger partial charge in [-0.3, -0.25) is 4.79 Å². The second-order valence-corrected chi connectivity index (χ2v) is 4.91. The van der Waals surface area contributed by atoms with E-state index >= 15 is 0 Å². The molecule has 4 nitrogen and oxygen atoms in total. The van der Waals surface area contributed by atoms with E-state index in [4.69, 9.17) is 21.1 Å². The van der Waals surface area contributed by atoms with Gasteiger partial charge in [-0.2, -0.15) is 0 Å². The molecule has 0 bridgehead atoms. The lowest BCUT2D eigenvalue weighted by atomic mass is 10.2. The Morgan fingerprint density at radius 2 is 2.22 bits per heavy atom. The smallest absolute Gasteiger partial charge is 0.251 e. The first-order valence-electron chi connectivity index (χ1n) is 5.33. The van der Waals surface area contributed by atoms with Gasteiger partial charge in [-0.15, -0.1) is 0 Å². The van der Waals surface area contributed by atoms with E-state index in [-0.39, 0.29) is 12.0 Å². The Hall–Kier alpha value is -0.620. The fourth-order valence-electron chi connectivity index (χ4n) is 1.34. The zero-order valence-electron chi connectivity index (χ0n) is 10.2. The number of rotatable bonds is 6. The van der Waals surface area contributed by atoms with Crippen molar-refractivity contribution in [3.8, 4) is 0 Å². The molecule has 18 heavy (non-hydrogen) atoms. The molecule has 1 aromatic carbocycles. The number of carbonyl (C=O) groups excluding carboxylic acids is 1. The molecule has 0 heterocycles. The van der Waals surface area contributed by atoms with Gasteiger partial charge in [-0.25, -0.2) is 0 Å². The van der Waals surface area contributed by atoms with Crippen molar-refractivity contribution in [3.63, 3.8) is 0 Å². The van der Waals surface area contributed by atoms with Crippen molar-refractivity contribution in [3.05, 3.63) is 33.3 Å². The quantitative estimate of drug-likeness (QED) is 0.868. The minimum atomic E-state index is -0.192. The number of hydrogen-bond acceptors (Lipinski definition) is 3. The van der Waals surface area contributed by atoms with E-state index in [1.807, 2.05) is 0 Å². The Bertz CT molecular complexity index is 414. The van der Waals surface area contributed by atoms with Crippen molar-refractivity contribution < 1.29 is 14.3 Å². The van der Waals surface area contributed by atoms with Crippen molar-refractivity contribution >= 4 is 33.4 Å². The summed E-state index contributed by atoms with van der Waals surface area (Å²) < 4.78 is 10.9. The second kappa shape index (κ2) is 7.74. The van der Waals surface area contributed by atoms with Crippen LogP contribution in [0.15, 0.2) is 22.7 Å². The van der Waals surface area contributed by atoms with Gasteiger partial charge in [0, 0.05) is 30.8 Å². The fourth-order valence-corrected chi connectivity index (χ4v) is 1.77. The predicted octanol–water partition coefficient (Wildman–Crippen LogP) is 2.49. The molecule has 0 saturated heterocycles. The second-order valence-electron chi connectivity index (χ2n) is 3.65. The van der Waals surface area contributed by atoms with E-state index < -0.39 is 0 Å². The van der Waals surface area contributed by atoms with Crippen LogP contribution in [-0.4, -0.2) is 39.4 Å². The summed E-state index contributed by atoms with van der Waals surface area (Å²) in [7, 11) is 3.16. The average molecular weight is 337 g/mol. The molecule has 1 aromatic rings. The Morgan fingerprint density at radius 1 is 1.50 bits per heavy atom. The highest BCUT2D eigenvalue weighted by Crippen LogP contribution is 2.23. The summed E-state index contributed by atoms with van der Waals surface area (Å²) in [5.74, 6) is -0.192. The van der Waals surface area contributed by atoms with Crippen LogP contribution in [0, 0.1) is 0 Å². The van der Waals surface area contributed by atoms with Crippen LogP contribution >= 0.6 is 27.5 Å². The van der Waals surface area contributed by atoms with Gasteiger partial charge in [0.1, 0.15) is 0 Å². The molecule has 1 unspecified atom stereocenters. The van der Waals surface area contributed by atoms with E-state index in [2.05, 4.69) is 21.2 Å². The third-order valence-electron chi connectivity index (χ3n) is 2.36. The summed E-state index contributed by atoms with van der Waals surface area (Å²) in [6, 6.07) is 5.04. The minimum absolute atomic E-state index is 0.162. The van der Waals surface area contributed by atoms with Crippen LogP contribution in [0.5, 0.6) is 0 Å². The molecule has 0 fully saturated rings. The van der Waals surface area contributed by atoms with Crippen molar-refractivity contribution in [1.29, 1.82) is 0 Å². The zero-order chi connectivity index (χ0) is 13.5.